The standard InChI is InChI=1S/C42H30O7/c1-41-19-18-33(23-38(41)39(45)49-40(41)46)48-32-15-17-37-35(22-32)34-21-31(47-30-13-12-26(24-43)27(20-30)25-44)14-16-36(34)42(37,28-8-4-2-5-9-28)29-10-6-3-7-11-29/h2-18,20-23,25,43H,19,24H2,1H3. The first kappa shape index (κ1) is 30.3. The quantitative estimate of drug-likeness (QED) is 0.102. The number of aliphatic hydroxyl groups is 1. The molecule has 3 aliphatic rings. The summed E-state index contributed by atoms with van der Waals surface area (Å²) in [5.41, 5.74) is 5.74. The molecule has 1 aliphatic heterocycles. The van der Waals surface area contributed by atoms with E-state index in [1.165, 1.54) is 0 Å². The summed E-state index contributed by atoms with van der Waals surface area (Å²) in [7, 11) is 0. The van der Waals surface area contributed by atoms with E-state index in [1.54, 1.807) is 31.2 Å². The predicted octanol–water partition coefficient (Wildman–Crippen LogP) is 7.83. The summed E-state index contributed by atoms with van der Waals surface area (Å²) in [6.45, 7) is 1.46. The Balaban J connectivity index is 1.27. The summed E-state index contributed by atoms with van der Waals surface area (Å²) in [4.78, 5) is 36.5. The molecule has 1 heterocycles. The first-order chi connectivity index (χ1) is 23.8. The van der Waals surface area contributed by atoms with Gasteiger partial charge in [0.25, 0.3) is 0 Å². The fourth-order valence-corrected chi connectivity index (χ4v) is 7.32. The van der Waals surface area contributed by atoms with Gasteiger partial charge in [0.1, 0.15) is 28.4 Å². The molecule has 7 heteroatoms. The molecular formula is C42H30O7. The number of benzene rings is 5. The lowest BCUT2D eigenvalue weighted by Gasteiger charge is -2.34. The molecule has 0 bridgehead atoms. The van der Waals surface area contributed by atoms with E-state index >= 15 is 0 Å². The van der Waals surface area contributed by atoms with Gasteiger partial charge in [-0.25, -0.2) is 4.79 Å². The second-order valence-corrected chi connectivity index (χ2v) is 12.6. The number of carbonyl (C=O) groups is 3. The molecule has 240 valence electrons. The van der Waals surface area contributed by atoms with Crippen LogP contribution in [0.5, 0.6) is 17.2 Å². The average Bonchev–Trinajstić information content (AvgIpc) is 3.55. The molecule has 8 rings (SSSR count). The van der Waals surface area contributed by atoms with Crippen LogP contribution in [0.4, 0.5) is 0 Å². The number of carbonyl (C=O) groups excluding carboxylic acids is 3. The molecule has 0 radical (unpaired) electrons. The predicted molar refractivity (Wildman–Crippen MR) is 182 cm³/mol. The summed E-state index contributed by atoms with van der Waals surface area (Å²) in [6, 6.07) is 37.8. The summed E-state index contributed by atoms with van der Waals surface area (Å²) >= 11 is 0. The van der Waals surface area contributed by atoms with Crippen molar-refractivity contribution in [2.45, 2.75) is 25.4 Å². The molecule has 5 aromatic carbocycles. The third-order valence-electron chi connectivity index (χ3n) is 9.83. The van der Waals surface area contributed by atoms with E-state index in [2.05, 4.69) is 36.4 Å². The molecule has 1 fully saturated rings. The number of hydrogen-bond donors (Lipinski definition) is 1. The smallest absolute Gasteiger partial charge is 0.343 e. The lowest BCUT2D eigenvalue weighted by atomic mass is 9.68. The Morgan fingerprint density at radius 1 is 0.755 bits per heavy atom. The van der Waals surface area contributed by atoms with Crippen molar-refractivity contribution >= 4 is 18.2 Å². The molecule has 2 aliphatic carbocycles. The number of ether oxygens (including phenoxy) is 3. The van der Waals surface area contributed by atoms with Crippen molar-refractivity contribution in [3.05, 3.63) is 172 Å². The lowest BCUT2D eigenvalue weighted by molar-refractivity contribution is -0.154. The number of aliphatic hydroxyl groups excluding tert-OH is 1. The Kier molecular flexibility index (Phi) is 7.16. The van der Waals surface area contributed by atoms with Gasteiger partial charge in [0.05, 0.1) is 17.6 Å². The van der Waals surface area contributed by atoms with Gasteiger partial charge in [-0.3, -0.25) is 9.59 Å². The summed E-state index contributed by atoms with van der Waals surface area (Å²) < 4.78 is 17.6. The molecule has 1 atom stereocenters. The number of rotatable bonds is 8. The molecule has 1 N–H and O–H groups in total. The highest BCUT2D eigenvalue weighted by molar-refractivity contribution is 6.10. The first-order valence-electron chi connectivity index (χ1n) is 16.0. The number of aldehydes is 1. The second-order valence-electron chi connectivity index (χ2n) is 12.6. The van der Waals surface area contributed by atoms with Crippen molar-refractivity contribution in [1.82, 2.24) is 0 Å². The summed E-state index contributed by atoms with van der Waals surface area (Å²) in [6.07, 6.45) is 4.41. The zero-order valence-electron chi connectivity index (χ0n) is 26.5. The monoisotopic (exact) mass is 646 g/mol. The SMILES string of the molecule is CC12CC=C(Oc3ccc4c(c3)-c3cc(Oc5ccc(CO)c(C=O)c5)ccc3C4(c3ccccc3)c3ccccc3)C=C1C(=O)OC2=O. The van der Waals surface area contributed by atoms with Gasteiger partial charge in [0, 0.05) is 5.56 Å². The van der Waals surface area contributed by atoms with Crippen molar-refractivity contribution in [1.29, 1.82) is 0 Å². The van der Waals surface area contributed by atoms with Gasteiger partial charge < -0.3 is 19.3 Å². The van der Waals surface area contributed by atoms with E-state index < -0.39 is 22.8 Å². The van der Waals surface area contributed by atoms with Crippen molar-refractivity contribution in [2.24, 2.45) is 5.41 Å². The highest BCUT2D eigenvalue weighted by Gasteiger charge is 2.51. The molecule has 0 spiro atoms. The average molecular weight is 647 g/mol. The molecule has 5 aromatic rings. The highest BCUT2D eigenvalue weighted by atomic mass is 16.6. The van der Waals surface area contributed by atoms with Gasteiger partial charge in [0.2, 0.25) is 0 Å². The minimum Gasteiger partial charge on any atom is -0.458 e. The summed E-state index contributed by atoms with van der Waals surface area (Å²) in [5.74, 6) is 0.886. The van der Waals surface area contributed by atoms with E-state index in [-0.39, 0.29) is 6.61 Å². The Bertz CT molecular complexity index is 2190. The Labute approximate surface area is 282 Å². The highest BCUT2D eigenvalue weighted by Crippen LogP contribution is 2.57. The number of cyclic esters (lactones) is 2. The van der Waals surface area contributed by atoms with E-state index in [4.69, 9.17) is 14.2 Å². The number of allylic oxidation sites excluding steroid dienone is 2. The maximum absolute atomic E-state index is 12.5. The van der Waals surface area contributed by atoms with Crippen molar-refractivity contribution in [2.75, 3.05) is 0 Å². The molecular weight excluding hydrogens is 616 g/mol. The van der Waals surface area contributed by atoms with Crippen LogP contribution in [0, 0.1) is 5.41 Å². The van der Waals surface area contributed by atoms with Crippen LogP contribution in [0.25, 0.3) is 11.1 Å². The van der Waals surface area contributed by atoms with Crippen molar-refractivity contribution in [3.8, 4) is 28.4 Å². The lowest BCUT2D eigenvalue weighted by Crippen LogP contribution is -2.28. The van der Waals surface area contributed by atoms with Crippen LogP contribution >= 0.6 is 0 Å². The molecule has 1 saturated heterocycles. The number of fused-ring (bicyclic) bond motifs is 4. The van der Waals surface area contributed by atoms with Crippen LogP contribution in [0.15, 0.2) is 139 Å². The third-order valence-corrected chi connectivity index (χ3v) is 9.83. The van der Waals surface area contributed by atoms with E-state index in [9.17, 15) is 19.5 Å². The molecule has 1 unspecified atom stereocenters. The van der Waals surface area contributed by atoms with Crippen LogP contribution in [-0.4, -0.2) is 23.3 Å². The minimum absolute atomic E-state index is 0.245. The third kappa shape index (κ3) is 4.73. The van der Waals surface area contributed by atoms with Gasteiger partial charge >= 0.3 is 11.9 Å². The molecule has 0 amide bonds. The van der Waals surface area contributed by atoms with Gasteiger partial charge in [-0.15, -0.1) is 0 Å². The molecule has 0 saturated carbocycles. The van der Waals surface area contributed by atoms with Crippen LogP contribution in [0.2, 0.25) is 0 Å². The van der Waals surface area contributed by atoms with Crippen LogP contribution < -0.4 is 9.47 Å². The first-order valence-corrected chi connectivity index (χ1v) is 16.0. The van der Waals surface area contributed by atoms with E-state index in [0.29, 0.717) is 52.4 Å². The largest absolute Gasteiger partial charge is 0.458 e. The normalized spacial score (nSPS) is 18.4. The van der Waals surface area contributed by atoms with E-state index in [1.807, 2.05) is 66.7 Å². The second kappa shape index (κ2) is 11.6. The Morgan fingerprint density at radius 2 is 1.33 bits per heavy atom. The molecule has 0 aromatic heterocycles. The van der Waals surface area contributed by atoms with E-state index in [0.717, 1.165) is 33.4 Å². The number of hydrogen-bond acceptors (Lipinski definition) is 7. The van der Waals surface area contributed by atoms with Crippen molar-refractivity contribution < 1.29 is 33.7 Å². The van der Waals surface area contributed by atoms with Gasteiger partial charge in [-0.2, -0.15) is 0 Å². The van der Waals surface area contributed by atoms with Crippen LogP contribution in [0.3, 0.4) is 0 Å². The minimum atomic E-state index is -1.01. The molecule has 49 heavy (non-hydrogen) atoms. The Morgan fingerprint density at radius 3 is 1.92 bits per heavy atom. The van der Waals surface area contributed by atoms with Crippen LogP contribution in [-0.2, 0) is 26.3 Å². The Hall–Kier alpha value is -6.05. The number of esters is 2. The van der Waals surface area contributed by atoms with Crippen molar-refractivity contribution in [3.63, 3.8) is 0 Å². The summed E-state index contributed by atoms with van der Waals surface area (Å²) in [5, 5.41) is 9.61. The maximum Gasteiger partial charge on any atom is 0.343 e. The molecule has 7 nitrogen and oxygen atoms in total. The fourth-order valence-electron chi connectivity index (χ4n) is 7.32. The van der Waals surface area contributed by atoms with Gasteiger partial charge in [0.15, 0.2) is 6.29 Å². The zero-order chi connectivity index (χ0) is 33.8. The van der Waals surface area contributed by atoms with Gasteiger partial charge in [-0.1, -0.05) is 78.9 Å². The topological polar surface area (TPSA) is 99.1 Å². The van der Waals surface area contributed by atoms with Crippen LogP contribution in [0.1, 0.15) is 51.5 Å². The van der Waals surface area contributed by atoms with Gasteiger partial charge in [-0.05, 0) is 101 Å². The maximum atomic E-state index is 12.5. The zero-order valence-corrected chi connectivity index (χ0v) is 26.5. The fraction of sp³-hybridized carbons (Fsp3) is 0.119.